The van der Waals surface area contributed by atoms with E-state index in [9.17, 15) is 0 Å². The Morgan fingerprint density at radius 1 is 1.80 bits per heavy atom. The van der Waals surface area contributed by atoms with Crippen LogP contribution in [0.5, 0.6) is 0 Å². The summed E-state index contributed by atoms with van der Waals surface area (Å²) >= 11 is 1.71. The van der Waals surface area contributed by atoms with Gasteiger partial charge in [-0.1, -0.05) is 0 Å². The van der Waals surface area contributed by atoms with Crippen molar-refractivity contribution in [1.82, 2.24) is 0 Å². The van der Waals surface area contributed by atoms with E-state index in [0.717, 1.165) is 0 Å². The number of hydrogen-bond acceptors (Lipinski definition) is 0. The van der Waals surface area contributed by atoms with E-state index in [0.29, 0.717) is 0 Å². The van der Waals surface area contributed by atoms with Crippen molar-refractivity contribution in [3.63, 3.8) is 0 Å². The third-order valence-electron chi connectivity index (χ3n) is 0.375. The topological polar surface area (TPSA) is 0 Å². The van der Waals surface area contributed by atoms with Crippen LogP contribution in [-0.2, 0) is 23.3 Å². The Morgan fingerprint density at radius 2 is 2.40 bits per heavy atom. The van der Waals surface area contributed by atoms with Crippen molar-refractivity contribution in [3.8, 4) is 0 Å². The van der Waals surface area contributed by atoms with Crippen molar-refractivity contribution in [1.29, 1.82) is 0 Å². The van der Waals surface area contributed by atoms with E-state index in [2.05, 4.69) is 6.92 Å². The maximum atomic E-state index is 2.23. The Bertz CT molecular complexity index is 28.1. The monoisotopic (exact) mass is 161 g/mol. The van der Waals surface area contributed by atoms with Gasteiger partial charge in [0.25, 0.3) is 0 Å². The molecule has 0 aromatic rings. The van der Waals surface area contributed by atoms with Gasteiger partial charge in [-0.05, 0) is 0 Å². The van der Waals surface area contributed by atoms with Gasteiger partial charge in [0.05, 0.1) is 0 Å². The summed E-state index contributed by atoms with van der Waals surface area (Å²) in [7, 11) is 0. The first-order valence-electron chi connectivity index (χ1n) is 1.81. The number of rotatable bonds is 2. The van der Waals surface area contributed by atoms with Gasteiger partial charge in [0.2, 0.25) is 0 Å². The first kappa shape index (κ1) is 6.10. The minimum atomic E-state index is 1.25. The molecule has 0 atom stereocenters. The predicted octanol–water partition coefficient (Wildman–Crippen LogP) is 0.981. The second kappa shape index (κ2) is 5.10. The van der Waals surface area contributed by atoms with Gasteiger partial charge in [-0.15, -0.1) is 0 Å². The van der Waals surface area contributed by atoms with E-state index in [4.69, 9.17) is 0 Å². The van der Waals surface area contributed by atoms with E-state index in [-0.39, 0.29) is 0 Å². The molecule has 0 N–H and O–H groups in total. The molecule has 0 aliphatic heterocycles. The zero-order valence-electron chi connectivity index (χ0n) is 3.41. The molecule has 0 fully saturated rings. The van der Waals surface area contributed by atoms with Crippen molar-refractivity contribution >= 4 is 6.16 Å². The van der Waals surface area contributed by atoms with Crippen LogP contribution >= 0.6 is 0 Å². The molecule has 0 heterocycles. The first-order chi connectivity index (χ1) is 2.41. The van der Waals surface area contributed by atoms with E-state index in [1.54, 1.807) is 23.3 Å². The zero-order valence-corrected chi connectivity index (χ0v) is 6.87. The molecule has 0 saturated carbocycles. The number of hydrogen-bond donors (Lipinski definition) is 0. The second-order valence-electron chi connectivity index (χ2n) is 0.927. The fourth-order valence-electron chi connectivity index (χ4n) is 0.125. The van der Waals surface area contributed by atoms with E-state index >= 15 is 0 Å². The van der Waals surface area contributed by atoms with Crippen LogP contribution in [0.3, 0.4) is 0 Å². The maximum absolute atomic E-state index is 2.23. The summed E-state index contributed by atoms with van der Waals surface area (Å²) in [5.41, 5.74) is 0. The molecule has 0 amide bonds. The van der Waals surface area contributed by atoms with Crippen molar-refractivity contribution in [2.45, 2.75) is 19.4 Å². The van der Waals surface area contributed by atoms with E-state index in [1.807, 2.05) is 0 Å². The summed E-state index contributed by atoms with van der Waals surface area (Å²) in [5.74, 6) is 0. The van der Waals surface area contributed by atoms with E-state index < -0.39 is 0 Å². The molecule has 27 valence electrons. The van der Waals surface area contributed by atoms with Crippen LogP contribution in [0.4, 0.5) is 0 Å². The van der Waals surface area contributed by atoms with Gasteiger partial charge in [0.1, 0.15) is 0 Å². The molecule has 2 heteroatoms. The summed E-state index contributed by atoms with van der Waals surface area (Å²) < 4.78 is 0. The van der Waals surface area contributed by atoms with Gasteiger partial charge in [0.15, 0.2) is 0 Å². The molecule has 0 aliphatic carbocycles. The average molecular weight is 162 g/mol. The average Bonchev–Trinajstić information content (AvgIpc) is 1.41. The molecule has 0 unspecified atom stereocenters. The van der Waals surface area contributed by atoms with Gasteiger partial charge >= 0.3 is 48.9 Å². The summed E-state index contributed by atoms with van der Waals surface area (Å²) in [5, 5.41) is 0. The Kier molecular flexibility index (Phi) is 6.22. The molecule has 0 aromatic carbocycles. The van der Waals surface area contributed by atoms with Crippen LogP contribution in [0.1, 0.15) is 13.3 Å². The summed E-state index contributed by atoms with van der Waals surface area (Å²) in [6.07, 6.45) is 2.63. The fraction of sp³-hybridized carbons (Fsp3) is 1.00. The summed E-state index contributed by atoms with van der Waals surface area (Å²) in [4.78, 5) is 0. The SMILES string of the molecule is CCC[Si]=[Zr]. The van der Waals surface area contributed by atoms with Crippen LogP contribution in [0.15, 0.2) is 0 Å². The van der Waals surface area contributed by atoms with E-state index in [1.165, 1.54) is 18.6 Å². The van der Waals surface area contributed by atoms with Gasteiger partial charge < -0.3 is 0 Å². The van der Waals surface area contributed by atoms with Gasteiger partial charge in [-0.3, -0.25) is 0 Å². The molecule has 0 aromatic heterocycles. The molecule has 0 spiro atoms. The van der Waals surface area contributed by atoms with Crippen LogP contribution in [0.2, 0.25) is 6.04 Å². The fourth-order valence-corrected chi connectivity index (χ4v) is 2.22. The van der Waals surface area contributed by atoms with Crippen molar-refractivity contribution in [2.24, 2.45) is 0 Å². The van der Waals surface area contributed by atoms with Crippen molar-refractivity contribution in [2.75, 3.05) is 0 Å². The van der Waals surface area contributed by atoms with Crippen LogP contribution in [0, 0.1) is 0 Å². The normalized spacial score (nSPS) is 7.20. The quantitative estimate of drug-likeness (QED) is 0.531. The predicted molar refractivity (Wildman–Crippen MR) is 20.9 cm³/mol. The zero-order chi connectivity index (χ0) is 4.12. The van der Waals surface area contributed by atoms with Crippen molar-refractivity contribution < 1.29 is 23.3 Å². The molecular weight excluding hydrogens is 155 g/mol. The molecule has 1 radical (unpaired) electrons. The Morgan fingerprint density at radius 3 is 2.40 bits per heavy atom. The van der Waals surface area contributed by atoms with Crippen LogP contribution in [0.25, 0.3) is 0 Å². The Hall–Kier alpha value is 1.10. The molecule has 0 bridgehead atoms. The third-order valence-corrected chi connectivity index (χ3v) is 2.97. The molecule has 5 heavy (non-hydrogen) atoms. The Balaban J connectivity index is 2.40. The first-order valence-corrected chi connectivity index (χ1v) is 6.70. The molecule has 0 nitrogen and oxygen atoms in total. The summed E-state index contributed by atoms with van der Waals surface area (Å²) in [6, 6.07) is 1.46. The van der Waals surface area contributed by atoms with Gasteiger partial charge in [0, 0.05) is 0 Å². The second-order valence-corrected chi connectivity index (χ2v) is 4.39. The third kappa shape index (κ3) is 5.10. The molecule has 0 saturated heterocycles. The van der Waals surface area contributed by atoms with Crippen LogP contribution < -0.4 is 0 Å². The molecular formula is C3H7SiZr. The van der Waals surface area contributed by atoms with Gasteiger partial charge in [-0.2, -0.15) is 0 Å². The minimum absolute atomic E-state index is 1.25. The Labute approximate surface area is 48.9 Å². The molecule has 0 rings (SSSR count). The summed E-state index contributed by atoms with van der Waals surface area (Å²) in [6.45, 7) is 2.23. The van der Waals surface area contributed by atoms with Crippen molar-refractivity contribution in [3.05, 3.63) is 0 Å². The van der Waals surface area contributed by atoms with Crippen LogP contribution in [-0.4, -0.2) is 6.16 Å². The standard InChI is InChI=1S/C3H7Si.Zr/c1-2-3-4;/h2-3H2,1H3;. The molecule has 0 aliphatic rings. The van der Waals surface area contributed by atoms with Gasteiger partial charge in [-0.25, -0.2) is 0 Å².